The van der Waals surface area contributed by atoms with Crippen molar-refractivity contribution in [1.82, 2.24) is 10.0 Å². The van der Waals surface area contributed by atoms with Gasteiger partial charge in [0.2, 0.25) is 15.9 Å². The monoisotopic (exact) mass is 354 g/mol. The Morgan fingerprint density at radius 1 is 1.29 bits per heavy atom. The highest BCUT2D eigenvalue weighted by Crippen LogP contribution is 2.25. The van der Waals surface area contributed by atoms with Crippen LogP contribution in [0.5, 0.6) is 5.75 Å². The first-order valence-corrected chi connectivity index (χ1v) is 9.15. The maximum absolute atomic E-state index is 12.0. The lowest BCUT2D eigenvalue weighted by molar-refractivity contribution is -0.116. The number of nitrogens with one attached hydrogen (secondary N) is 2. The summed E-state index contributed by atoms with van der Waals surface area (Å²) in [6, 6.07) is 4.71. The molecule has 0 radical (unpaired) electrons. The molecule has 0 bridgehead atoms. The molecule has 0 aliphatic rings. The lowest BCUT2D eigenvalue weighted by Gasteiger charge is -2.17. The molecule has 2 N–H and O–H groups in total. The van der Waals surface area contributed by atoms with Gasteiger partial charge < -0.3 is 10.1 Å². The van der Waals surface area contributed by atoms with Gasteiger partial charge in [0, 0.05) is 12.6 Å². The number of amides is 1. The Bertz CT molecular complexity index is 704. The fourth-order valence-electron chi connectivity index (χ4n) is 1.91. The Hall–Kier alpha value is -1.86. The molecular formula is C17H26N2O4S. The minimum Gasteiger partial charge on any atom is -0.495 e. The number of hydrogen-bond donors (Lipinski definition) is 2. The van der Waals surface area contributed by atoms with Crippen LogP contribution in [-0.4, -0.2) is 35.0 Å². The van der Waals surface area contributed by atoms with E-state index in [2.05, 4.69) is 30.8 Å². The van der Waals surface area contributed by atoms with Gasteiger partial charge >= 0.3 is 0 Å². The standard InChI is InChI=1S/C17H26N2O4S/c1-17(2,3)10-11-19-16(20)9-7-13-6-8-14(23-5)15(12-13)24(21,22)18-4/h6-9,12,18H,10-11H2,1-5H3,(H,19,20)/b9-7+. The summed E-state index contributed by atoms with van der Waals surface area (Å²) in [5.41, 5.74) is 0.749. The summed E-state index contributed by atoms with van der Waals surface area (Å²) in [7, 11) is -0.904. The van der Waals surface area contributed by atoms with Gasteiger partial charge in [0.05, 0.1) is 7.11 Å². The molecule has 24 heavy (non-hydrogen) atoms. The molecule has 0 fully saturated rings. The maximum Gasteiger partial charge on any atom is 0.244 e. The van der Waals surface area contributed by atoms with Gasteiger partial charge in [0.25, 0.3) is 0 Å². The van der Waals surface area contributed by atoms with Crippen molar-refractivity contribution in [3.8, 4) is 5.75 Å². The summed E-state index contributed by atoms with van der Waals surface area (Å²) in [4.78, 5) is 11.8. The van der Waals surface area contributed by atoms with Gasteiger partial charge in [-0.3, -0.25) is 4.79 Å². The largest absolute Gasteiger partial charge is 0.495 e. The third-order valence-corrected chi connectivity index (χ3v) is 4.78. The van der Waals surface area contributed by atoms with Crippen LogP contribution in [0.15, 0.2) is 29.2 Å². The second-order valence-electron chi connectivity index (χ2n) is 6.55. The molecule has 1 amide bonds. The number of sulfonamides is 1. The van der Waals surface area contributed by atoms with E-state index in [4.69, 9.17) is 4.74 Å². The van der Waals surface area contributed by atoms with Crippen LogP contribution in [0.3, 0.4) is 0 Å². The zero-order valence-electron chi connectivity index (χ0n) is 14.8. The molecule has 1 rings (SSSR count). The van der Waals surface area contributed by atoms with Crippen molar-refractivity contribution in [1.29, 1.82) is 0 Å². The van der Waals surface area contributed by atoms with Crippen LogP contribution in [0.1, 0.15) is 32.8 Å². The van der Waals surface area contributed by atoms with E-state index in [0.29, 0.717) is 12.1 Å². The van der Waals surface area contributed by atoms with Crippen molar-refractivity contribution in [2.45, 2.75) is 32.1 Å². The summed E-state index contributed by atoms with van der Waals surface area (Å²) in [5.74, 6) is 0.0317. The van der Waals surface area contributed by atoms with E-state index in [0.717, 1.165) is 6.42 Å². The fourth-order valence-corrected chi connectivity index (χ4v) is 2.84. The minimum atomic E-state index is -3.64. The first kappa shape index (κ1) is 20.2. The van der Waals surface area contributed by atoms with Crippen LogP contribution in [0.25, 0.3) is 6.08 Å². The normalized spacial score (nSPS) is 12.4. The van der Waals surface area contributed by atoms with Crippen molar-refractivity contribution in [3.05, 3.63) is 29.8 Å². The molecular weight excluding hydrogens is 328 g/mol. The van der Waals surface area contributed by atoms with E-state index >= 15 is 0 Å². The zero-order valence-corrected chi connectivity index (χ0v) is 15.7. The number of methoxy groups -OCH3 is 1. The second-order valence-corrected chi connectivity index (χ2v) is 8.41. The molecule has 0 unspecified atom stereocenters. The van der Waals surface area contributed by atoms with Crippen LogP contribution in [0.4, 0.5) is 0 Å². The first-order chi connectivity index (χ1) is 11.1. The topological polar surface area (TPSA) is 84.5 Å². The van der Waals surface area contributed by atoms with Crippen molar-refractivity contribution in [2.24, 2.45) is 5.41 Å². The number of carbonyl (C=O) groups excluding carboxylic acids is 1. The van der Waals surface area contributed by atoms with Crippen LogP contribution in [0.2, 0.25) is 0 Å². The lowest BCUT2D eigenvalue weighted by Crippen LogP contribution is -2.25. The number of benzene rings is 1. The van der Waals surface area contributed by atoms with Gasteiger partial charge in [-0.05, 0) is 42.7 Å². The minimum absolute atomic E-state index is 0.0304. The smallest absolute Gasteiger partial charge is 0.244 e. The van der Waals surface area contributed by atoms with E-state index < -0.39 is 10.0 Å². The molecule has 0 aliphatic heterocycles. The maximum atomic E-state index is 12.0. The van der Waals surface area contributed by atoms with Gasteiger partial charge in [-0.2, -0.15) is 0 Å². The molecule has 0 saturated carbocycles. The predicted octanol–water partition coefficient (Wildman–Crippen LogP) is 2.17. The SMILES string of the molecule is CNS(=O)(=O)c1cc(/C=C/C(=O)NCCC(C)(C)C)ccc1OC. The lowest BCUT2D eigenvalue weighted by atomic mass is 9.92. The summed E-state index contributed by atoms with van der Waals surface area (Å²) < 4.78 is 31.4. The average molecular weight is 354 g/mol. The van der Waals surface area contributed by atoms with Crippen molar-refractivity contribution in [2.75, 3.05) is 20.7 Å². The fraction of sp³-hybridized carbons (Fsp3) is 0.471. The summed E-state index contributed by atoms with van der Waals surface area (Å²) in [6.07, 6.45) is 3.83. The van der Waals surface area contributed by atoms with E-state index in [-0.39, 0.29) is 22.0 Å². The molecule has 0 atom stereocenters. The number of carbonyl (C=O) groups is 1. The number of rotatable bonds is 7. The van der Waals surface area contributed by atoms with Crippen LogP contribution in [-0.2, 0) is 14.8 Å². The van der Waals surface area contributed by atoms with Crippen LogP contribution >= 0.6 is 0 Å². The van der Waals surface area contributed by atoms with Crippen molar-refractivity contribution >= 4 is 22.0 Å². The molecule has 7 heteroatoms. The van der Waals surface area contributed by atoms with Gasteiger partial charge in [-0.25, -0.2) is 13.1 Å². The molecule has 0 aliphatic carbocycles. The van der Waals surface area contributed by atoms with Gasteiger partial charge in [-0.15, -0.1) is 0 Å². The van der Waals surface area contributed by atoms with Crippen molar-refractivity contribution in [3.63, 3.8) is 0 Å². The van der Waals surface area contributed by atoms with Crippen LogP contribution < -0.4 is 14.8 Å². The quantitative estimate of drug-likeness (QED) is 0.735. The van der Waals surface area contributed by atoms with E-state index in [1.165, 1.54) is 26.3 Å². The van der Waals surface area contributed by atoms with Gasteiger partial charge in [0.1, 0.15) is 10.6 Å². The first-order valence-electron chi connectivity index (χ1n) is 7.66. The summed E-state index contributed by atoms with van der Waals surface area (Å²) >= 11 is 0. The number of ether oxygens (including phenoxy) is 1. The van der Waals surface area contributed by atoms with Gasteiger partial charge in [0.15, 0.2) is 0 Å². The molecule has 0 heterocycles. The highest BCUT2D eigenvalue weighted by molar-refractivity contribution is 7.89. The number of hydrogen-bond acceptors (Lipinski definition) is 4. The molecule has 0 aromatic heterocycles. The Morgan fingerprint density at radius 2 is 1.96 bits per heavy atom. The predicted molar refractivity (Wildman–Crippen MR) is 95.4 cm³/mol. The molecule has 1 aromatic rings. The Morgan fingerprint density at radius 3 is 2.50 bits per heavy atom. The van der Waals surface area contributed by atoms with Crippen LogP contribution in [0, 0.1) is 5.41 Å². The average Bonchev–Trinajstić information content (AvgIpc) is 2.51. The van der Waals surface area contributed by atoms with E-state index in [9.17, 15) is 13.2 Å². The molecule has 6 nitrogen and oxygen atoms in total. The van der Waals surface area contributed by atoms with E-state index in [1.807, 2.05) is 0 Å². The highest BCUT2D eigenvalue weighted by atomic mass is 32.2. The Kier molecular flexibility index (Phi) is 6.98. The van der Waals surface area contributed by atoms with E-state index in [1.54, 1.807) is 18.2 Å². The molecule has 134 valence electrons. The van der Waals surface area contributed by atoms with Crippen molar-refractivity contribution < 1.29 is 17.9 Å². The third kappa shape index (κ3) is 6.33. The highest BCUT2D eigenvalue weighted by Gasteiger charge is 2.17. The summed E-state index contributed by atoms with van der Waals surface area (Å²) in [6.45, 7) is 6.91. The zero-order chi connectivity index (χ0) is 18.4. The molecule has 0 saturated heterocycles. The Balaban J connectivity index is 2.85. The van der Waals surface area contributed by atoms with Gasteiger partial charge in [-0.1, -0.05) is 26.8 Å². The third-order valence-electron chi connectivity index (χ3n) is 3.35. The molecule has 0 spiro atoms. The molecule has 1 aromatic carbocycles. The summed E-state index contributed by atoms with van der Waals surface area (Å²) in [5, 5.41) is 2.81. The Labute approximate surface area is 144 Å². The second kappa shape index (κ2) is 8.30.